The SMILES string of the molecule is Cn1c(SCC(=O)Nc2cccc3ccccc23)nc2c([nH]c3ccccc32)c1=O. The molecule has 3 aromatic carbocycles. The van der Waals surface area contributed by atoms with Crippen LogP contribution in [-0.2, 0) is 11.8 Å². The number of carbonyl (C=O) groups excluding carboxylic acids is 1. The Morgan fingerprint density at radius 1 is 1.03 bits per heavy atom. The molecule has 0 fully saturated rings. The molecule has 148 valence electrons. The Kier molecular flexibility index (Phi) is 4.52. The summed E-state index contributed by atoms with van der Waals surface area (Å²) in [6.07, 6.45) is 0. The molecule has 2 aromatic heterocycles. The van der Waals surface area contributed by atoms with E-state index in [1.807, 2.05) is 66.7 Å². The molecule has 0 radical (unpaired) electrons. The maximum atomic E-state index is 12.8. The first kappa shape index (κ1) is 18.4. The fourth-order valence-electron chi connectivity index (χ4n) is 3.60. The van der Waals surface area contributed by atoms with Crippen molar-refractivity contribution in [2.45, 2.75) is 5.16 Å². The lowest BCUT2D eigenvalue weighted by Crippen LogP contribution is -2.21. The van der Waals surface area contributed by atoms with E-state index in [4.69, 9.17) is 0 Å². The lowest BCUT2D eigenvalue weighted by Gasteiger charge is -2.10. The summed E-state index contributed by atoms with van der Waals surface area (Å²) in [4.78, 5) is 33.2. The zero-order valence-electron chi connectivity index (χ0n) is 16.2. The Hall–Kier alpha value is -3.58. The molecule has 5 rings (SSSR count). The van der Waals surface area contributed by atoms with E-state index in [2.05, 4.69) is 15.3 Å². The van der Waals surface area contributed by atoms with Crippen LogP contribution >= 0.6 is 11.8 Å². The van der Waals surface area contributed by atoms with E-state index in [0.29, 0.717) is 16.2 Å². The molecule has 5 aromatic rings. The van der Waals surface area contributed by atoms with E-state index in [-0.39, 0.29) is 17.2 Å². The number of fused-ring (bicyclic) bond motifs is 4. The molecule has 0 unspecified atom stereocenters. The maximum absolute atomic E-state index is 12.8. The topological polar surface area (TPSA) is 79.8 Å². The van der Waals surface area contributed by atoms with Gasteiger partial charge in [0.05, 0.1) is 5.75 Å². The van der Waals surface area contributed by atoms with Gasteiger partial charge in [-0.15, -0.1) is 0 Å². The highest BCUT2D eigenvalue weighted by Crippen LogP contribution is 2.25. The third-order valence-corrected chi connectivity index (χ3v) is 6.12. The summed E-state index contributed by atoms with van der Waals surface area (Å²) in [5, 5.41) is 6.43. The molecular weight excluding hydrogens is 396 g/mol. The van der Waals surface area contributed by atoms with Crippen LogP contribution in [0.5, 0.6) is 0 Å². The van der Waals surface area contributed by atoms with Crippen molar-refractivity contribution < 1.29 is 4.79 Å². The molecule has 2 N–H and O–H groups in total. The summed E-state index contributed by atoms with van der Waals surface area (Å²) in [5.41, 5.74) is 2.59. The number of H-pyrrole nitrogens is 1. The van der Waals surface area contributed by atoms with Gasteiger partial charge in [-0.2, -0.15) is 0 Å². The van der Waals surface area contributed by atoms with Crippen LogP contribution in [0.15, 0.2) is 76.7 Å². The van der Waals surface area contributed by atoms with Gasteiger partial charge in [0.2, 0.25) is 5.91 Å². The summed E-state index contributed by atoms with van der Waals surface area (Å²) in [6, 6.07) is 21.4. The van der Waals surface area contributed by atoms with Crippen LogP contribution in [0.2, 0.25) is 0 Å². The van der Waals surface area contributed by atoms with Crippen molar-refractivity contribution in [3.63, 3.8) is 0 Å². The normalized spacial score (nSPS) is 11.4. The summed E-state index contributed by atoms with van der Waals surface area (Å²) in [6.45, 7) is 0. The van der Waals surface area contributed by atoms with Crippen molar-refractivity contribution in [2.24, 2.45) is 7.05 Å². The summed E-state index contributed by atoms with van der Waals surface area (Å²) < 4.78 is 1.48. The number of aromatic amines is 1. The number of thioether (sulfide) groups is 1. The number of benzene rings is 3. The second kappa shape index (κ2) is 7.35. The highest BCUT2D eigenvalue weighted by Gasteiger charge is 2.15. The van der Waals surface area contributed by atoms with Crippen LogP contribution in [-0.4, -0.2) is 26.2 Å². The van der Waals surface area contributed by atoms with Crippen LogP contribution in [0.1, 0.15) is 0 Å². The van der Waals surface area contributed by atoms with Crippen molar-refractivity contribution in [1.82, 2.24) is 14.5 Å². The number of nitrogens with zero attached hydrogens (tertiary/aromatic N) is 2. The average molecular weight is 414 g/mol. The summed E-state index contributed by atoms with van der Waals surface area (Å²) >= 11 is 1.25. The van der Waals surface area contributed by atoms with E-state index < -0.39 is 0 Å². The zero-order chi connectivity index (χ0) is 20.7. The van der Waals surface area contributed by atoms with Gasteiger partial charge in [0.25, 0.3) is 5.56 Å². The van der Waals surface area contributed by atoms with Gasteiger partial charge in [-0.1, -0.05) is 66.4 Å². The van der Waals surface area contributed by atoms with Crippen LogP contribution in [0.4, 0.5) is 5.69 Å². The number of anilines is 1. The Morgan fingerprint density at radius 2 is 1.77 bits per heavy atom. The fourth-order valence-corrected chi connectivity index (χ4v) is 4.37. The Balaban J connectivity index is 1.42. The molecule has 0 atom stereocenters. The minimum Gasteiger partial charge on any atom is -0.349 e. The van der Waals surface area contributed by atoms with Gasteiger partial charge in [-0.05, 0) is 17.5 Å². The van der Waals surface area contributed by atoms with E-state index in [0.717, 1.165) is 27.4 Å². The molecule has 0 aliphatic heterocycles. The van der Waals surface area contributed by atoms with Crippen molar-refractivity contribution in [3.8, 4) is 0 Å². The molecule has 0 aliphatic rings. The van der Waals surface area contributed by atoms with Gasteiger partial charge in [-0.3, -0.25) is 14.2 Å². The van der Waals surface area contributed by atoms with Crippen molar-refractivity contribution in [1.29, 1.82) is 0 Å². The lowest BCUT2D eigenvalue weighted by atomic mass is 10.1. The predicted molar refractivity (Wildman–Crippen MR) is 122 cm³/mol. The van der Waals surface area contributed by atoms with Gasteiger partial charge in [0, 0.05) is 29.0 Å². The number of aromatic nitrogens is 3. The zero-order valence-corrected chi connectivity index (χ0v) is 17.0. The second-order valence-corrected chi connectivity index (χ2v) is 7.96. The van der Waals surface area contributed by atoms with Crippen LogP contribution in [0.25, 0.3) is 32.7 Å². The van der Waals surface area contributed by atoms with Gasteiger partial charge in [0.15, 0.2) is 5.16 Å². The highest BCUT2D eigenvalue weighted by molar-refractivity contribution is 7.99. The van der Waals surface area contributed by atoms with E-state index in [9.17, 15) is 9.59 Å². The Labute approximate surface area is 175 Å². The summed E-state index contributed by atoms with van der Waals surface area (Å²) in [5.74, 6) is 0.00167. The first-order valence-electron chi connectivity index (χ1n) is 9.49. The monoisotopic (exact) mass is 414 g/mol. The first-order chi connectivity index (χ1) is 14.6. The van der Waals surface area contributed by atoms with Crippen LogP contribution in [0.3, 0.4) is 0 Å². The third-order valence-electron chi connectivity index (χ3n) is 5.09. The molecule has 0 saturated carbocycles. The smallest absolute Gasteiger partial charge is 0.278 e. The molecule has 0 saturated heterocycles. The van der Waals surface area contributed by atoms with Gasteiger partial charge in [-0.25, -0.2) is 4.98 Å². The van der Waals surface area contributed by atoms with E-state index >= 15 is 0 Å². The minimum atomic E-state index is -0.159. The molecule has 1 amide bonds. The third kappa shape index (κ3) is 3.13. The van der Waals surface area contributed by atoms with Crippen molar-refractivity contribution in [2.75, 3.05) is 11.1 Å². The Morgan fingerprint density at radius 3 is 2.63 bits per heavy atom. The van der Waals surface area contributed by atoms with E-state index in [1.54, 1.807) is 7.05 Å². The Bertz CT molecular complexity index is 1480. The molecule has 0 aliphatic carbocycles. The minimum absolute atomic E-state index is 0.148. The second-order valence-electron chi connectivity index (χ2n) is 7.02. The molecule has 7 heteroatoms. The van der Waals surface area contributed by atoms with Gasteiger partial charge in [0.1, 0.15) is 11.0 Å². The maximum Gasteiger partial charge on any atom is 0.278 e. The molecular formula is C23H18N4O2S. The lowest BCUT2D eigenvalue weighted by molar-refractivity contribution is -0.113. The van der Waals surface area contributed by atoms with Crippen molar-refractivity contribution >= 4 is 56.1 Å². The molecule has 0 spiro atoms. The molecule has 6 nitrogen and oxygen atoms in total. The molecule has 0 bridgehead atoms. The highest BCUT2D eigenvalue weighted by atomic mass is 32.2. The van der Waals surface area contributed by atoms with Gasteiger partial charge < -0.3 is 10.3 Å². The van der Waals surface area contributed by atoms with Gasteiger partial charge >= 0.3 is 0 Å². The fraction of sp³-hybridized carbons (Fsp3) is 0.0870. The first-order valence-corrected chi connectivity index (χ1v) is 10.5. The van der Waals surface area contributed by atoms with Crippen LogP contribution < -0.4 is 10.9 Å². The number of carbonyl (C=O) groups is 1. The largest absolute Gasteiger partial charge is 0.349 e. The standard InChI is InChI=1S/C23H18N4O2S/c1-27-22(29)21-20(16-10-4-5-11-18(16)25-21)26-23(27)30-13-19(28)24-17-12-6-8-14-7-2-3-9-15(14)17/h2-12,25H,13H2,1H3,(H,24,28). The number of amides is 1. The molecule has 30 heavy (non-hydrogen) atoms. The number of rotatable bonds is 4. The molecule has 2 heterocycles. The van der Waals surface area contributed by atoms with Crippen molar-refractivity contribution in [3.05, 3.63) is 77.1 Å². The number of hydrogen-bond acceptors (Lipinski definition) is 4. The number of nitrogens with one attached hydrogen (secondary N) is 2. The van der Waals surface area contributed by atoms with Crippen LogP contribution in [0, 0.1) is 0 Å². The average Bonchev–Trinajstić information content (AvgIpc) is 3.14. The summed E-state index contributed by atoms with van der Waals surface area (Å²) in [7, 11) is 1.67. The predicted octanol–water partition coefficient (Wildman–Crippen LogP) is 4.30. The number of hydrogen-bond donors (Lipinski definition) is 2. The van der Waals surface area contributed by atoms with E-state index in [1.165, 1.54) is 16.3 Å². The number of para-hydroxylation sites is 1. The quantitative estimate of drug-likeness (QED) is 0.339.